The number of piperazine rings is 1. The third kappa shape index (κ3) is 5.87. The molecule has 1 saturated heterocycles. The van der Waals surface area contributed by atoms with Crippen molar-refractivity contribution in [3.05, 3.63) is 60.4 Å². The van der Waals surface area contributed by atoms with Gasteiger partial charge in [-0.25, -0.2) is 9.97 Å². The summed E-state index contributed by atoms with van der Waals surface area (Å²) in [4.78, 5) is 27.2. The van der Waals surface area contributed by atoms with E-state index < -0.39 is 6.04 Å². The van der Waals surface area contributed by atoms with Crippen LogP contribution in [-0.4, -0.2) is 83.7 Å². The minimum absolute atomic E-state index is 0.0642. The standard InChI is InChI=1S/C27H35N9O/c1-20-25(33-36(32-20)21-9-4-3-5-10-21)27(37)35-17-15-34(16-18-35)19-24-30-23-12-7-6-11-22(23)26(31-24)29-14-8-13-28-2/h3-7,9-12,25,28,33H,8,13-19H2,1-2H3,(H,29,30,31). The highest BCUT2D eigenvalue weighted by Crippen LogP contribution is 2.21. The molecule has 194 valence electrons. The molecule has 1 unspecified atom stereocenters. The number of hydrogen-bond acceptors (Lipinski definition) is 9. The number of hydrazone groups is 1. The summed E-state index contributed by atoms with van der Waals surface area (Å²) in [6.07, 6.45) is 1.02. The number of carbonyl (C=O) groups is 1. The molecule has 37 heavy (non-hydrogen) atoms. The fourth-order valence-corrected chi connectivity index (χ4v) is 4.71. The Morgan fingerprint density at radius 3 is 2.54 bits per heavy atom. The first kappa shape index (κ1) is 25.1. The van der Waals surface area contributed by atoms with Gasteiger partial charge in [0.2, 0.25) is 5.91 Å². The number of fused-ring (bicyclic) bond motifs is 1. The van der Waals surface area contributed by atoms with Gasteiger partial charge in [0.25, 0.3) is 0 Å². The molecule has 1 fully saturated rings. The van der Waals surface area contributed by atoms with Crippen molar-refractivity contribution in [3.63, 3.8) is 0 Å². The van der Waals surface area contributed by atoms with Gasteiger partial charge < -0.3 is 15.5 Å². The number of hydrogen-bond donors (Lipinski definition) is 3. The van der Waals surface area contributed by atoms with Crippen molar-refractivity contribution in [1.82, 2.24) is 30.5 Å². The van der Waals surface area contributed by atoms with E-state index in [2.05, 4.69) is 32.1 Å². The lowest BCUT2D eigenvalue weighted by atomic mass is 10.1. The molecule has 0 saturated carbocycles. The first-order valence-corrected chi connectivity index (χ1v) is 12.9. The van der Waals surface area contributed by atoms with Crippen LogP contribution in [0.15, 0.2) is 59.7 Å². The van der Waals surface area contributed by atoms with Crippen molar-refractivity contribution in [3.8, 4) is 0 Å². The average molecular weight is 502 g/mol. The van der Waals surface area contributed by atoms with Gasteiger partial charge >= 0.3 is 0 Å². The second kappa shape index (κ2) is 11.6. The van der Waals surface area contributed by atoms with Crippen LogP contribution >= 0.6 is 0 Å². The molecule has 2 aromatic carbocycles. The van der Waals surface area contributed by atoms with Crippen LogP contribution in [0.3, 0.4) is 0 Å². The van der Waals surface area contributed by atoms with E-state index in [9.17, 15) is 4.79 Å². The quantitative estimate of drug-likeness (QED) is 0.383. The largest absolute Gasteiger partial charge is 0.369 e. The maximum Gasteiger partial charge on any atom is 0.247 e. The molecule has 3 N–H and O–H groups in total. The monoisotopic (exact) mass is 501 g/mol. The number of carbonyl (C=O) groups excluding carboxylic acids is 1. The molecule has 1 aromatic heterocycles. The molecule has 0 spiro atoms. The molecular weight excluding hydrogens is 466 g/mol. The summed E-state index contributed by atoms with van der Waals surface area (Å²) >= 11 is 0. The van der Waals surface area contributed by atoms with Gasteiger partial charge in [-0.2, -0.15) is 15.6 Å². The molecule has 2 aliphatic rings. The lowest BCUT2D eigenvalue weighted by molar-refractivity contribution is -0.133. The highest BCUT2D eigenvalue weighted by atomic mass is 16.2. The topological polar surface area (TPSA) is 101 Å². The Morgan fingerprint density at radius 2 is 1.76 bits per heavy atom. The molecular formula is C27H35N9O. The number of aromatic nitrogens is 2. The third-order valence-corrected chi connectivity index (χ3v) is 6.77. The van der Waals surface area contributed by atoms with Crippen LogP contribution in [0.1, 0.15) is 19.2 Å². The molecule has 3 aromatic rings. The zero-order valence-corrected chi connectivity index (χ0v) is 21.5. The molecule has 1 atom stereocenters. The van der Waals surface area contributed by atoms with E-state index in [0.29, 0.717) is 19.6 Å². The second-order valence-electron chi connectivity index (χ2n) is 9.44. The fourth-order valence-electron chi connectivity index (χ4n) is 4.71. The Labute approximate surface area is 217 Å². The molecule has 10 heteroatoms. The molecule has 0 bridgehead atoms. The Morgan fingerprint density at radius 1 is 1.00 bits per heavy atom. The molecule has 3 heterocycles. The smallest absolute Gasteiger partial charge is 0.247 e. The fraction of sp³-hybridized carbons (Fsp3) is 0.407. The number of para-hydroxylation sites is 2. The molecule has 0 radical (unpaired) electrons. The summed E-state index contributed by atoms with van der Waals surface area (Å²) in [5, 5.41) is 13.9. The van der Waals surface area contributed by atoms with Crippen molar-refractivity contribution in [1.29, 1.82) is 0 Å². The van der Waals surface area contributed by atoms with E-state index in [4.69, 9.17) is 9.97 Å². The van der Waals surface area contributed by atoms with Crippen molar-refractivity contribution < 1.29 is 4.79 Å². The van der Waals surface area contributed by atoms with Crippen molar-refractivity contribution in [2.75, 3.05) is 56.8 Å². The van der Waals surface area contributed by atoms with E-state index in [1.54, 1.807) is 5.12 Å². The summed E-state index contributed by atoms with van der Waals surface area (Å²) in [6.45, 7) is 7.24. The summed E-state index contributed by atoms with van der Waals surface area (Å²) in [7, 11) is 1.96. The van der Waals surface area contributed by atoms with Gasteiger partial charge in [-0.3, -0.25) is 9.69 Å². The molecule has 10 nitrogen and oxygen atoms in total. The maximum absolute atomic E-state index is 13.3. The Hall–Kier alpha value is -3.60. The van der Waals surface area contributed by atoms with Gasteiger partial charge in [0, 0.05) is 38.1 Å². The van der Waals surface area contributed by atoms with Crippen LogP contribution in [0.25, 0.3) is 10.9 Å². The minimum Gasteiger partial charge on any atom is -0.369 e. The molecule has 0 aliphatic carbocycles. The average Bonchev–Trinajstić information content (AvgIpc) is 3.33. The van der Waals surface area contributed by atoms with Crippen molar-refractivity contribution in [2.45, 2.75) is 25.9 Å². The predicted octanol–water partition coefficient (Wildman–Crippen LogP) is 2.06. The van der Waals surface area contributed by atoms with Gasteiger partial charge in [0.05, 0.1) is 23.5 Å². The van der Waals surface area contributed by atoms with E-state index in [1.807, 2.05) is 67.4 Å². The zero-order valence-electron chi connectivity index (χ0n) is 21.5. The SMILES string of the molecule is CNCCCNc1nc(CN2CCN(C(=O)C3NN(c4ccccc4)N=C3C)CC2)nc2ccccc12. The summed E-state index contributed by atoms with van der Waals surface area (Å²) in [5.74, 6) is 1.75. The number of rotatable bonds is 9. The Bertz CT molecular complexity index is 1240. The van der Waals surface area contributed by atoms with Crippen molar-refractivity contribution in [2.24, 2.45) is 5.10 Å². The van der Waals surface area contributed by atoms with E-state index in [0.717, 1.165) is 66.5 Å². The number of nitrogens with one attached hydrogen (secondary N) is 3. The summed E-state index contributed by atoms with van der Waals surface area (Å²) in [5.41, 5.74) is 5.88. The van der Waals surface area contributed by atoms with Crippen LogP contribution in [-0.2, 0) is 11.3 Å². The van der Waals surface area contributed by atoms with Gasteiger partial charge in [-0.15, -0.1) is 0 Å². The summed E-state index contributed by atoms with van der Waals surface area (Å²) < 4.78 is 0. The third-order valence-electron chi connectivity index (χ3n) is 6.77. The van der Waals surface area contributed by atoms with Crippen LogP contribution in [0.4, 0.5) is 11.5 Å². The number of anilines is 2. The van der Waals surface area contributed by atoms with Gasteiger partial charge in [0.15, 0.2) is 0 Å². The first-order chi connectivity index (χ1) is 18.1. The van der Waals surface area contributed by atoms with Gasteiger partial charge in [0.1, 0.15) is 17.7 Å². The second-order valence-corrected chi connectivity index (χ2v) is 9.44. The number of amides is 1. The summed E-state index contributed by atoms with van der Waals surface area (Å²) in [6, 6.07) is 17.5. The normalized spacial score (nSPS) is 18.3. The number of nitrogens with zero attached hydrogens (tertiary/aromatic N) is 6. The zero-order chi connectivity index (χ0) is 25.6. The molecule has 5 rings (SSSR count). The van der Waals surface area contributed by atoms with Crippen LogP contribution in [0, 0.1) is 0 Å². The van der Waals surface area contributed by atoms with Crippen LogP contribution in [0.2, 0.25) is 0 Å². The highest BCUT2D eigenvalue weighted by molar-refractivity contribution is 6.08. The minimum atomic E-state index is -0.438. The van der Waals surface area contributed by atoms with E-state index in [1.165, 1.54) is 0 Å². The maximum atomic E-state index is 13.3. The Balaban J connectivity index is 1.18. The molecule has 2 aliphatic heterocycles. The molecule has 1 amide bonds. The van der Waals surface area contributed by atoms with Crippen LogP contribution < -0.4 is 21.2 Å². The van der Waals surface area contributed by atoms with Crippen molar-refractivity contribution >= 4 is 34.0 Å². The lowest BCUT2D eigenvalue weighted by Crippen LogP contribution is -2.55. The first-order valence-electron chi connectivity index (χ1n) is 12.9. The highest BCUT2D eigenvalue weighted by Gasteiger charge is 2.34. The number of benzene rings is 2. The Kier molecular flexibility index (Phi) is 7.88. The van der Waals surface area contributed by atoms with Gasteiger partial charge in [-0.1, -0.05) is 30.3 Å². The lowest BCUT2D eigenvalue weighted by Gasteiger charge is -2.35. The van der Waals surface area contributed by atoms with Crippen LogP contribution in [0.5, 0.6) is 0 Å². The number of hydrazine groups is 1. The van der Waals surface area contributed by atoms with Gasteiger partial charge in [-0.05, 0) is 51.2 Å². The van der Waals surface area contributed by atoms with E-state index >= 15 is 0 Å². The van der Waals surface area contributed by atoms with E-state index in [-0.39, 0.29) is 5.91 Å². The predicted molar refractivity (Wildman–Crippen MR) is 147 cm³/mol.